The van der Waals surface area contributed by atoms with E-state index in [1.165, 1.54) is 7.11 Å². The van der Waals surface area contributed by atoms with Crippen LogP contribution in [0.1, 0.15) is 15.9 Å². The molecule has 4 rings (SSSR count). The maximum absolute atomic E-state index is 12.5. The SMILES string of the molecule is COC(=O)c1cc(Nc2ncc(C)c(Nc3ccc(Cl)c(OC)c3)n2)ccc1N1CCNCC1. The molecule has 3 N–H and O–H groups in total. The van der Waals surface area contributed by atoms with Gasteiger partial charge in [0.25, 0.3) is 0 Å². The van der Waals surface area contributed by atoms with Crippen LogP contribution in [0.15, 0.2) is 42.6 Å². The topological polar surface area (TPSA) is 101 Å². The van der Waals surface area contributed by atoms with Crippen molar-refractivity contribution >= 4 is 46.4 Å². The molecule has 1 fully saturated rings. The second-order valence-electron chi connectivity index (χ2n) is 7.79. The summed E-state index contributed by atoms with van der Waals surface area (Å²) in [6.45, 7) is 5.29. The number of carbonyl (C=O) groups excluding carboxylic acids is 1. The maximum atomic E-state index is 12.5. The Morgan fingerprint density at radius 1 is 1.09 bits per heavy atom. The van der Waals surface area contributed by atoms with E-state index in [2.05, 4.69) is 30.8 Å². The van der Waals surface area contributed by atoms with Gasteiger partial charge >= 0.3 is 5.97 Å². The summed E-state index contributed by atoms with van der Waals surface area (Å²) in [7, 11) is 2.95. The number of hydrogen-bond acceptors (Lipinski definition) is 9. The largest absolute Gasteiger partial charge is 0.495 e. The van der Waals surface area contributed by atoms with E-state index >= 15 is 0 Å². The van der Waals surface area contributed by atoms with E-state index in [4.69, 9.17) is 21.1 Å². The van der Waals surface area contributed by atoms with Crippen LogP contribution in [0.5, 0.6) is 5.75 Å². The smallest absolute Gasteiger partial charge is 0.340 e. The highest BCUT2D eigenvalue weighted by atomic mass is 35.5. The molecule has 0 aliphatic carbocycles. The van der Waals surface area contributed by atoms with Gasteiger partial charge in [0.15, 0.2) is 0 Å². The lowest BCUT2D eigenvalue weighted by Crippen LogP contribution is -2.44. The van der Waals surface area contributed by atoms with Gasteiger partial charge in [-0.1, -0.05) is 11.6 Å². The fourth-order valence-electron chi connectivity index (χ4n) is 3.70. The standard InChI is InChI=1S/C24H27ClN6O3/c1-15-14-27-24(30-22(15)28-17-4-6-19(25)21(13-17)33-2)29-16-5-7-20(18(12-16)23(32)34-3)31-10-8-26-9-11-31/h4-7,12-14,26H,8-11H2,1-3H3,(H2,27,28,29,30). The first-order valence-corrected chi connectivity index (χ1v) is 11.3. The molecule has 0 unspecified atom stereocenters. The lowest BCUT2D eigenvalue weighted by atomic mass is 10.1. The second kappa shape index (κ2) is 10.6. The lowest BCUT2D eigenvalue weighted by molar-refractivity contribution is 0.0601. The van der Waals surface area contributed by atoms with Crippen LogP contribution in [0.25, 0.3) is 0 Å². The van der Waals surface area contributed by atoms with Crippen molar-refractivity contribution in [3.63, 3.8) is 0 Å². The normalized spacial score (nSPS) is 13.4. The van der Waals surface area contributed by atoms with Crippen molar-refractivity contribution in [1.29, 1.82) is 0 Å². The number of anilines is 5. The molecule has 0 radical (unpaired) electrons. The first kappa shape index (κ1) is 23.6. The fourth-order valence-corrected chi connectivity index (χ4v) is 3.90. The van der Waals surface area contributed by atoms with Gasteiger partial charge in [-0.2, -0.15) is 4.98 Å². The first-order valence-electron chi connectivity index (χ1n) is 10.9. The number of nitrogens with one attached hydrogen (secondary N) is 3. The fraction of sp³-hybridized carbons (Fsp3) is 0.292. The Bertz CT molecular complexity index is 1180. The van der Waals surface area contributed by atoms with Crippen LogP contribution in [-0.4, -0.2) is 56.3 Å². The van der Waals surface area contributed by atoms with Crippen LogP contribution in [-0.2, 0) is 4.74 Å². The summed E-state index contributed by atoms with van der Waals surface area (Å²) >= 11 is 6.12. The monoisotopic (exact) mass is 482 g/mol. The molecular formula is C24H27ClN6O3. The number of halogens is 1. The number of benzene rings is 2. The molecule has 0 atom stereocenters. The van der Waals surface area contributed by atoms with Crippen LogP contribution in [0.2, 0.25) is 5.02 Å². The number of aromatic nitrogens is 2. The van der Waals surface area contributed by atoms with Crippen LogP contribution in [0, 0.1) is 6.92 Å². The van der Waals surface area contributed by atoms with Gasteiger partial charge in [0.1, 0.15) is 11.6 Å². The molecule has 178 valence electrons. The Balaban J connectivity index is 1.58. The third-order valence-electron chi connectivity index (χ3n) is 5.50. The number of carbonyl (C=O) groups is 1. The molecule has 9 nitrogen and oxygen atoms in total. The summed E-state index contributed by atoms with van der Waals surface area (Å²) in [4.78, 5) is 23.7. The molecule has 3 aromatic rings. The first-order chi connectivity index (χ1) is 16.5. The van der Waals surface area contributed by atoms with E-state index in [1.54, 1.807) is 31.5 Å². The van der Waals surface area contributed by atoms with Crippen molar-refractivity contribution in [2.75, 3.05) is 55.9 Å². The van der Waals surface area contributed by atoms with Gasteiger partial charge in [-0.05, 0) is 37.3 Å². The molecule has 0 spiro atoms. The third-order valence-corrected chi connectivity index (χ3v) is 5.81. The molecule has 0 amide bonds. The summed E-state index contributed by atoms with van der Waals surface area (Å²) < 4.78 is 10.3. The molecule has 0 saturated carbocycles. The van der Waals surface area contributed by atoms with Crippen molar-refractivity contribution in [1.82, 2.24) is 15.3 Å². The van der Waals surface area contributed by atoms with E-state index in [9.17, 15) is 4.79 Å². The minimum atomic E-state index is -0.388. The Morgan fingerprint density at radius 3 is 2.56 bits per heavy atom. The number of ether oxygens (including phenoxy) is 2. The zero-order valence-corrected chi connectivity index (χ0v) is 20.1. The molecule has 1 saturated heterocycles. The average Bonchev–Trinajstić information content (AvgIpc) is 2.87. The molecule has 1 aliphatic rings. The number of piperazine rings is 1. The summed E-state index contributed by atoms with van der Waals surface area (Å²) in [5.41, 5.74) is 3.67. The molecule has 2 heterocycles. The predicted octanol–water partition coefficient (Wildman–Crippen LogP) is 4.13. The summed E-state index contributed by atoms with van der Waals surface area (Å²) in [5.74, 6) is 1.20. The number of methoxy groups -OCH3 is 2. The molecular weight excluding hydrogens is 456 g/mol. The van der Waals surface area contributed by atoms with Gasteiger partial charge in [0, 0.05) is 55.4 Å². The van der Waals surface area contributed by atoms with E-state index in [-0.39, 0.29) is 5.97 Å². The van der Waals surface area contributed by atoms with Gasteiger partial charge in [-0.25, -0.2) is 9.78 Å². The van der Waals surface area contributed by atoms with Crippen molar-refractivity contribution in [2.45, 2.75) is 6.92 Å². The minimum Gasteiger partial charge on any atom is -0.495 e. The van der Waals surface area contributed by atoms with Crippen LogP contribution in [0.4, 0.5) is 28.8 Å². The van der Waals surface area contributed by atoms with Crippen molar-refractivity contribution in [3.05, 3.63) is 58.7 Å². The minimum absolute atomic E-state index is 0.388. The van der Waals surface area contributed by atoms with Crippen molar-refractivity contribution in [3.8, 4) is 5.75 Å². The molecule has 1 aromatic heterocycles. The Kier molecular flexibility index (Phi) is 7.34. The quantitative estimate of drug-likeness (QED) is 0.429. The highest BCUT2D eigenvalue weighted by molar-refractivity contribution is 6.32. The molecule has 10 heteroatoms. The van der Waals surface area contributed by atoms with Crippen LogP contribution < -0.4 is 25.6 Å². The van der Waals surface area contributed by atoms with Gasteiger partial charge in [0.2, 0.25) is 5.95 Å². The van der Waals surface area contributed by atoms with Crippen molar-refractivity contribution < 1.29 is 14.3 Å². The van der Waals surface area contributed by atoms with Crippen LogP contribution in [0.3, 0.4) is 0 Å². The van der Waals surface area contributed by atoms with E-state index in [0.29, 0.717) is 33.8 Å². The van der Waals surface area contributed by atoms with Gasteiger partial charge in [-0.15, -0.1) is 0 Å². The number of hydrogen-bond donors (Lipinski definition) is 3. The highest BCUT2D eigenvalue weighted by Gasteiger charge is 2.20. The van der Waals surface area contributed by atoms with E-state index in [0.717, 1.165) is 43.1 Å². The molecule has 34 heavy (non-hydrogen) atoms. The Hall–Kier alpha value is -3.56. The number of aryl methyl sites for hydroxylation is 1. The Labute approximate surface area is 203 Å². The number of rotatable bonds is 7. The summed E-state index contributed by atoms with van der Waals surface area (Å²) in [6.07, 6.45) is 1.72. The highest BCUT2D eigenvalue weighted by Crippen LogP contribution is 2.30. The average molecular weight is 483 g/mol. The molecule has 1 aliphatic heterocycles. The maximum Gasteiger partial charge on any atom is 0.340 e. The summed E-state index contributed by atoms with van der Waals surface area (Å²) in [6, 6.07) is 11.0. The van der Waals surface area contributed by atoms with Crippen LogP contribution >= 0.6 is 11.6 Å². The lowest BCUT2D eigenvalue weighted by Gasteiger charge is -2.30. The predicted molar refractivity (Wildman–Crippen MR) is 134 cm³/mol. The van der Waals surface area contributed by atoms with Gasteiger partial charge < -0.3 is 30.3 Å². The number of nitrogens with zero attached hydrogens (tertiary/aromatic N) is 3. The molecule has 0 bridgehead atoms. The van der Waals surface area contributed by atoms with Gasteiger partial charge in [0.05, 0.1) is 30.5 Å². The van der Waals surface area contributed by atoms with Crippen molar-refractivity contribution in [2.24, 2.45) is 0 Å². The Morgan fingerprint density at radius 2 is 1.82 bits per heavy atom. The third kappa shape index (κ3) is 5.32. The van der Waals surface area contributed by atoms with Gasteiger partial charge in [-0.3, -0.25) is 0 Å². The molecule has 2 aromatic carbocycles. The van der Waals surface area contributed by atoms with E-state index in [1.807, 2.05) is 25.1 Å². The second-order valence-corrected chi connectivity index (χ2v) is 8.19. The zero-order valence-electron chi connectivity index (χ0n) is 19.3. The van der Waals surface area contributed by atoms with E-state index < -0.39 is 0 Å². The zero-order chi connectivity index (χ0) is 24.1. The number of esters is 1. The summed E-state index contributed by atoms with van der Waals surface area (Å²) in [5, 5.41) is 10.3.